The minimum Gasteiger partial charge on any atom is -0.276 e. The van der Waals surface area contributed by atoms with Gasteiger partial charge in [-0.15, -0.1) is 0 Å². The maximum atomic E-state index is 12.4. The van der Waals surface area contributed by atoms with E-state index in [9.17, 15) is 8.78 Å². The average Bonchev–Trinajstić information content (AvgIpc) is 2.59. The Morgan fingerprint density at radius 2 is 2.21 bits per heavy atom. The highest BCUT2D eigenvalue weighted by atomic mass is 19.3. The number of nitriles is 1. The summed E-state index contributed by atoms with van der Waals surface area (Å²) < 4.78 is 24.8. The summed E-state index contributed by atoms with van der Waals surface area (Å²) in [7, 11) is 0. The van der Waals surface area contributed by atoms with Crippen molar-refractivity contribution in [2.45, 2.75) is 6.43 Å². The Kier molecular flexibility index (Phi) is 1.89. The number of hydrogen-bond acceptors (Lipinski definition) is 2. The van der Waals surface area contributed by atoms with Crippen LogP contribution in [0, 0.1) is 11.3 Å². The Balaban J connectivity index is 2.67. The molecular formula is C9H5F2N3. The van der Waals surface area contributed by atoms with Crippen molar-refractivity contribution in [2.75, 3.05) is 0 Å². The summed E-state index contributed by atoms with van der Waals surface area (Å²) >= 11 is 0. The number of nitrogens with one attached hydrogen (secondary N) is 1. The molecule has 0 bridgehead atoms. The molecule has 0 saturated carbocycles. The van der Waals surface area contributed by atoms with E-state index in [0.717, 1.165) is 0 Å². The summed E-state index contributed by atoms with van der Waals surface area (Å²) in [6, 6.07) is 6.35. The molecule has 1 aromatic carbocycles. The number of halogens is 2. The number of benzene rings is 1. The van der Waals surface area contributed by atoms with Gasteiger partial charge in [-0.3, -0.25) is 5.10 Å². The number of rotatable bonds is 1. The van der Waals surface area contributed by atoms with Gasteiger partial charge in [0, 0.05) is 5.39 Å². The van der Waals surface area contributed by atoms with Crippen molar-refractivity contribution >= 4 is 10.9 Å². The largest absolute Gasteiger partial charge is 0.280 e. The number of alkyl halides is 2. The van der Waals surface area contributed by atoms with Crippen molar-refractivity contribution in [2.24, 2.45) is 0 Å². The molecule has 0 radical (unpaired) electrons. The maximum Gasteiger partial charge on any atom is 0.280 e. The standard InChI is InChI=1S/C9H5F2N3/c10-9(11)8-6-2-1-5(4-12)3-7(6)13-14-8/h1-3,9H,(H,13,14). The van der Waals surface area contributed by atoms with Crippen LogP contribution in [0.5, 0.6) is 0 Å². The number of aromatic nitrogens is 2. The van der Waals surface area contributed by atoms with Crippen molar-refractivity contribution in [1.29, 1.82) is 5.26 Å². The second-order valence-corrected chi connectivity index (χ2v) is 2.78. The van der Waals surface area contributed by atoms with Crippen molar-refractivity contribution in [3.8, 4) is 6.07 Å². The van der Waals surface area contributed by atoms with Gasteiger partial charge in [-0.25, -0.2) is 8.78 Å². The van der Waals surface area contributed by atoms with Crippen LogP contribution in [0.15, 0.2) is 18.2 Å². The van der Waals surface area contributed by atoms with Gasteiger partial charge in [0.1, 0.15) is 5.69 Å². The lowest BCUT2D eigenvalue weighted by Crippen LogP contribution is -1.84. The first-order valence-electron chi connectivity index (χ1n) is 3.88. The van der Waals surface area contributed by atoms with Gasteiger partial charge in [0.15, 0.2) is 0 Å². The zero-order chi connectivity index (χ0) is 10.1. The summed E-state index contributed by atoms with van der Waals surface area (Å²) in [4.78, 5) is 0. The van der Waals surface area contributed by atoms with Crippen LogP contribution in [0.3, 0.4) is 0 Å². The summed E-state index contributed by atoms with van der Waals surface area (Å²) in [5, 5.41) is 14.9. The molecule has 0 unspecified atom stereocenters. The number of aromatic amines is 1. The predicted octanol–water partition coefficient (Wildman–Crippen LogP) is 2.37. The lowest BCUT2D eigenvalue weighted by Gasteiger charge is -1.94. The molecule has 0 aliphatic carbocycles. The van der Waals surface area contributed by atoms with Gasteiger partial charge in [0.05, 0.1) is 17.1 Å². The summed E-state index contributed by atoms with van der Waals surface area (Å²) in [5.41, 5.74) is 0.591. The molecular weight excluding hydrogens is 188 g/mol. The van der Waals surface area contributed by atoms with E-state index in [1.54, 1.807) is 0 Å². The monoisotopic (exact) mass is 193 g/mol. The number of fused-ring (bicyclic) bond motifs is 1. The van der Waals surface area contributed by atoms with Gasteiger partial charge in [-0.05, 0) is 18.2 Å². The van der Waals surface area contributed by atoms with Crippen LogP contribution >= 0.6 is 0 Å². The highest BCUT2D eigenvalue weighted by molar-refractivity contribution is 5.82. The molecule has 0 spiro atoms. The van der Waals surface area contributed by atoms with E-state index in [4.69, 9.17) is 5.26 Å². The molecule has 70 valence electrons. The van der Waals surface area contributed by atoms with Gasteiger partial charge in [0.25, 0.3) is 6.43 Å². The molecule has 0 amide bonds. The van der Waals surface area contributed by atoms with Crippen LogP contribution in [-0.4, -0.2) is 10.2 Å². The minimum absolute atomic E-state index is 0.204. The van der Waals surface area contributed by atoms with Gasteiger partial charge in [-0.2, -0.15) is 10.4 Å². The van der Waals surface area contributed by atoms with E-state index in [-0.39, 0.29) is 5.69 Å². The molecule has 0 atom stereocenters. The van der Waals surface area contributed by atoms with E-state index in [0.29, 0.717) is 16.5 Å². The minimum atomic E-state index is -2.58. The number of nitrogens with zero attached hydrogens (tertiary/aromatic N) is 2. The molecule has 1 heterocycles. The highest BCUT2D eigenvalue weighted by Gasteiger charge is 2.14. The van der Waals surface area contributed by atoms with Gasteiger partial charge in [0.2, 0.25) is 0 Å². The third-order valence-electron chi connectivity index (χ3n) is 1.93. The number of H-pyrrole nitrogens is 1. The summed E-state index contributed by atoms with van der Waals surface area (Å²) in [5.74, 6) is 0. The van der Waals surface area contributed by atoms with Crippen molar-refractivity contribution in [3.63, 3.8) is 0 Å². The van der Waals surface area contributed by atoms with Crippen LogP contribution in [-0.2, 0) is 0 Å². The molecule has 1 aromatic heterocycles. The van der Waals surface area contributed by atoms with Crippen LogP contribution in [0.25, 0.3) is 10.9 Å². The van der Waals surface area contributed by atoms with Crippen molar-refractivity contribution in [1.82, 2.24) is 10.2 Å². The smallest absolute Gasteiger partial charge is 0.276 e. The Bertz CT molecular complexity index is 510. The lowest BCUT2D eigenvalue weighted by molar-refractivity contribution is 0.147. The first kappa shape index (κ1) is 8.63. The fourth-order valence-electron chi connectivity index (χ4n) is 1.27. The van der Waals surface area contributed by atoms with Crippen LogP contribution in [0.2, 0.25) is 0 Å². The molecule has 2 aromatic rings. The van der Waals surface area contributed by atoms with Gasteiger partial charge < -0.3 is 0 Å². The zero-order valence-electron chi connectivity index (χ0n) is 6.96. The summed E-state index contributed by atoms with van der Waals surface area (Å²) in [6.45, 7) is 0. The Morgan fingerprint density at radius 3 is 2.86 bits per heavy atom. The van der Waals surface area contributed by atoms with Gasteiger partial charge in [-0.1, -0.05) is 0 Å². The number of hydrogen-bond donors (Lipinski definition) is 1. The third-order valence-corrected chi connectivity index (χ3v) is 1.93. The molecule has 1 N–H and O–H groups in total. The second-order valence-electron chi connectivity index (χ2n) is 2.78. The SMILES string of the molecule is N#Cc1ccc2c(C(F)F)[nH]nc2c1. The first-order chi connectivity index (χ1) is 6.72. The average molecular weight is 193 g/mol. The van der Waals surface area contributed by atoms with E-state index >= 15 is 0 Å². The van der Waals surface area contributed by atoms with E-state index in [1.165, 1.54) is 18.2 Å². The molecule has 0 fully saturated rings. The van der Waals surface area contributed by atoms with Crippen LogP contribution in [0.1, 0.15) is 17.7 Å². The first-order valence-corrected chi connectivity index (χ1v) is 3.88. The molecule has 2 rings (SSSR count). The molecule has 5 heteroatoms. The normalized spacial score (nSPS) is 10.7. The highest BCUT2D eigenvalue weighted by Crippen LogP contribution is 2.25. The Labute approximate surface area is 78.0 Å². The topological polar surface area (TPSA) is 52.5 Å². The zero-order valence-corrected chi connectivity index (χ0v) is 6.96. The van der Waals surface area contributed by atoms with E-state index < -0.39 is 6.43 Å². The maximum absolute atomic E-state index is 12.4. The fraction of sp³-hybridized carbons (Fsp3) is 0.111. The van der Waals surface area contributed by atoms with E-state index in [2.05, 4.69) is 10.2 Å². The Morgan fingerprint density at radius 1 is 1.43 bits per heavy atom. The molecule has 14 heavy (non-hydrogen) atoms. The van der Waals surface area contributed by atoms with Crippen molar-refractivity contribution < 1.29 is 8.78 Å². The van der Waals surface area contributed by atoms with Crippen LogP contribution < -0.4 is 0 Å². The Hall–Kier alpha value is -1.96. The molecule has 3 nitrogen and oxygen atoms in total. The predicted molar refractivity (Wildman–Crippen MR) is 45.8 cm³/mol. The fourth-order valence-corrected chi connectivity index (χ4v) is 1.27. The quantitative estimate of drug-likeness (QED) is 0.755. The third kappa shape index (κ3) is 1.21. The second kappa shape index (κ2) is 3.07. The van der Waals surface area contributed by atoms with Gasteiger partial charge >= 0.3 is 0 Å². The van der Waals surface area contributed by atoms with Crippen molar-refractivity contribution in [3.05, 3.63) is 29.5 Å². The summed E-state index contributed by atoms with van der Waals surface area (Å²) in [6.07, 6.45) is -2.58. The molecule has 0 aliphatic rings. The molecule has 0 aliphatic heterocycles. The van der Waals surface area contributed by atoms with E-state index in [1.807, 2.05) is 6.07 Å². The lowest BCUT2D eigenvalue weighted by atomic mass is 10.1. The van der Waals surface area contributed by atoms with Crippen LogP contribution in [0.4, 0.5) is 8.78 Å². The molecule has 0 saturated heterocycles.